The molecule has 0 aromatic heterocycles. The van der Waals surface area contributed by atoms with Crippen molar-refractivity contribution in [1.82, 2.24) is 4.90 Å². The Hall–Kier alpha value is -0.970. The topological polar surface area (TPSA) is 55.6 Å². The highest BCUT2D eigenvalue weighted by molar-refractivity contribution is 6.43. The largest absolute Gasteiger partial charge is 0.397 e. The summed E-state index contributed by atoms with van der Waals surface area (Å²) in [4.78, 5) is 13.7. The molecule has 0 heterocycles. The number of hydrogen-bond donors (Lipinski definition) is 1. The standard InChI is InChI=1S/C12H16Cl2N2O2/c1-16(4-3-5-18-2)12(17)8-6-9(13)11(14)10(15)7-8/h6-7H,3-5,15H2,1-2H3. The van der Waals surface area contributed by atoms with E-state index in [0.717, 1.165) is 6.42 Å². The van der Waals surface area contributed by atoms with Crippen LogP contribution in [0.1, 0.15) is 16.8 Å². The lowest BCUT2D eigenvalue weighted by molar-refractivity contribution is 0.0779. The van der Waals surface area contributed by atoms with Crippen LogP contribution in [0, 0.1) is 0 Å². The van der Waals surface area contributed by atoms with Crippen molar-refractivity contribution in [3.63, 3.8) is 0 Å². The number of nitrogens with two attached hydrogens (primary N) is 1. The van der Waals surface area contributed by atoms with Crippen LogP contribution in [0.3, 0.4) is 0 Å². The molecule has 1 aromatic rings. The van der Waals surface area contributed by atoms with E-state index in [2.05, 4.69) is 0 Å². The molecule has 1 amide bonds. The third kappa shape index (κ3) is 3.77. The van der Waals surface area contributed by atoms with Crippen molar-refractivity contribution >= 4 is 34.8 Å². The number of rotatable bonds is 5. The minimum atomic E-state index is -0.142. The molecule has 0 unspecified atom stereocenters. The summed E-state index contributed by atoms with van der Waals surface area (Å²) in [6.07, 6.45) is 0.773. The highest BCUT2D eigenvalue weighted by atomic mass is 35.5. The van der Waals surface area contributed by atoms with Crippen LogP contribution >= 0.6 is 23.2 Å². The van der Waals surface area contributed by atoms with E-state index in [0.29, 0.717) is 24.4 Å². The number of benzene rings is 1. The fraction of sp³-hybridized carbons (Fsp3) is 0.417. The minimum Gasteiger partial charge on any atom is -0.397 e. The highest BCUT2D eigenvalue weighted by Gasteiger charge is 2.14. The first-order valence-electron chi connectivity index (χ1n) is 5.46. The number of nitrogens with zero attached hydrogens (tertiary/aromatic N) is 1. The summed E-state index contributed by atoms with van der Waals surface area (Å²) in [6, 6.07) is 3.05. The van der Waals surface area contributed by atoms with E-state index in [1.54, 1.807) is 19.1 Å². The number of carbonyl (C=O) groups excluding carboxylic acids is 1. The van der Waals surface area contributed by atoms with Gasteiger partial charge in [0.1, 0.15) is 0 Å². The Bertz CT molecular complexity index is 415. The summed E-state index contributed by atoms with van der Waals surface area (Å²) in [5.41, 5.74) is 6.41. The molecule has 1 aromatic carbocycles. The maximum atomic E-state index is 12.1. The van der Waals surface area contributed by atoms with E-state index in [-0.39, 0.29) is 16.0 Å². The molecule has 0 spiro atoms. The van der Waals surface area contributed by atoms with Crippen molar-refractivity contribution in [2.45, 2.75) is 6.42 Å². The van der Waals surface area contributed by atoms with Crippen LogP contribution < -0.4 is 5.73 Å². The van der Waals surface area contributed by atoms with E-state index in [4.69, 9.17) is 33.7 Å². The minimum absolute atomic E-state index is 0.142. The van der Waals surface area contributed by atoms with Gasteiger partial charge in [0.2, 0.25) is 0 Å². The predicted octanol–water partition coefficient (Wildman–Crippen LogP) is 2.68. The van der Waals surface area contributed by atoms with Gasteiger partial charge in [-0.3, -0.25) is 4.79 Å². The van der Waals surface area contributed by atoms with E-state index >= 15 is 0 Å². The van der Waals surface area contributed by atoms with Crippen molar-refractivity contribution in [3.8, 4) is 0 Å². The highest BCUT2D eigenvalue weighted by Crippen LogP contribution is 2.29. The quantitative estimate of drug-likeness (QED) is 0.670. The fourth-order valence-electron chi connectivity index (χ4n) is 1.50. The first-order chi connectivity index (χ1) is 8.47. The maximum absolute atomic E-state index is 12.1. The zero-order valence-corrected chi connectivity index (χ0v) is 11.9. The molecule has 0 radical (unpaired) electrons. The molecule has 0 saturated carbocycles. The van der Waals surface area contributed by atoms with Gasteiger partial charge in [-0.2, -0.15) is 0 Å². The van der Waals surface area contributed by atoms with E-state index in [1.165, 1.54) is 12.1 Å². The predicted molar refractivity (Wildman–Crippen MR) is 74.3 cm³/mol. The lowest BCUT2D eigenvalue weighted by Gasteiger charge is -2.17. The van der Waals surface area contributed by atoms with Crippen LogP contribution in [0.15, 0.2) is 12.1 Å². The number of halogens is 2. The molecule has 18 heavy (non-hydrogen) atoms. The van der Waals surface area contributed by atoms with E-state index in [1.807, 2.05) is 0 Å². The number of hydrogen-bond acceptors (Lipinski definition) is 3. The van der Waals surface area contributed by atoms with Crippen molar-refractivity contribution in [2.24, 2.45) is 0 Å². The van der Waals surface area contributed by atoms with Crippen molar-refractivity contribution in [1.29, 1.82) is 0 Å². The summed E-state index contributed by atoms with van der Waals surface area (Å²) < 4.78 is 4.94. The van der Waals surface area contributed by atoms with Crippen molar-refractivity contribution < 1.29 is 9.53 Å². The number of nitrogen functional groups attached to an aromatic ring is 1. The Morgan fingerprint density at radius 2 is 2.11 bits per heavy atom. The van der Waals surface area contributed by atoms with Crippen LogP contribution in [0.2, 0.25) is 10.0 Å². The van der Waals surface area contributed by atoms with Crippen LogP contribution in [-0.4, -0.2) is 38.1 Å². The Morgan fingerprint density at radius 3 is 2.67 bits per heavy atom. The summed E-state index contributed by atoms with van der Waals surface area (Å²) in [7, 11) is 3.35. The molecule has 6 heteroatoms. The van der Waals surface area contributed by atoms with Gasteiger partial charge >= 0.3 is 0 Å². The first-order valence-corrected chi connectivity index (χ1v) is 6.22. The van der Waals surface area contributed by atoms with E-state index in [9.17, 15) is 4.79 Å². The second-order valence-electron chi connectivity index (χ2n) is 3.93. The summed E-state index contributed by atoms with van der Waals surface area (Å²) in [5, 5.41) is 0.556. The Labute approximate surface area is 117 Å². The summed E-state index contributed by atoms with van der Waals surface area (Å²) >= 11 is 11.7. The van der Waals surface area contributed by atoms with Gasteiger partial charge in [0.25, 0.3) is 5.91 Å². The van der Waals surface area contributed by atoms with Crippen LogP contribution in [0.4, 0.5) is 5.69 Å². The third-order valence-electron chi connectivity index (χ3n) is 2.49. The van der Waals surface area contributed by atoms with Crippen molar-refractivity contribution in [2.75, 3.05) is 33.0 Å². The lowest BCUT2D eigenvalue weighted by atomic mass is 10.1. The van der Waals surface area contributed by atoms with Gasteiger partial charge < -0.3 is 15.4 Å². The van der Waals surface area contributed by atoms with Gasteiger partial charge in [-0.15, -0.1) is 0 Å². The van der Waals surface area contributed by atoms with Gasteiger partial charge in [-0.05, 0) is 18.6 Å². The zero-order valence-electron chi connectivity index (χ0n) is 10.4. The first kappa shape index (κ1) is 15.1. The molecule has 0 saturated heterocycles. The van der Waals surface area contributed by atoms with E-state index < -0.39 is 0 Å². The summed E-state index contributed by atoms with van der Waals surface area (Å²) in [6.45, 7) is 1.22. The number of anilines is 1. The molecule has 0 aliphatic heterocycles. The molecule has 100 valence electrons. The Kier molecular flexibility index (Phi) is 5.72. The number of ether oxygens (including phenoxy) is 1. The molecule has 0 atom stereocenters. The number of methoxy groups -OCH3 is 1. The lowest BCUT2D eigenvalue weighted by Crippen LogP contribution is -2.28. The van der Waals surface area contributed by atoms with Gasteiger partial charge in [0.15, 0.2) is 0 Å². The molecule has 0 aliphatic carbocycles. The SMILES string of the molecule is COCCCN(C)C(=O)c1cc(N)c(Cl)c(Cl)c1. The molecule has 2 N–H and O–H groups in total. The molecule has 0 fully saturated rings. The Morgan fingerprint density at radius 1 is 1.44 bits per heavy atom. The molecular weight excluding hydrogens is 275 g/mol. The molecule has 0 aliphatic rings. The Balaban J connectivity index is 2.77. The number of amides is 1. The van der Waals surface area contributed by atoms with Gasteiger partial charge in [0, 0.05) is 32.9 Å². The number of carbonyl (C=O) groups is 1. The smallest absolute Gasteiger partial charge is 0.253 e. The molecular formula is C12H16Cl2N2O2. The van der Waals surface area contributed by atoms with Crippen LogP contribution in [0.25, 0.3) is 0 Å². The third-order valence-corrected chi connectivity index (χ3v) is 3.31. The molecule has 1 rings (SSSR count). The van der Waals surface area contributed by atoms with Crippen LogP contribution in [-0.2, 0) is 4.74 Å². The maximum Gasteiger partial charge on any atom is 0.253 e. The monoisotopic (exact) mass is 290 g/mol. The summed E-state index contributed by atoms with van der Waals surface area (Å²) in [5.74, 6) is -0.142. The molecule has 4 nitrogen and oxygen atoms in total. The van der Waals surface area contributed by atoms with Gasteiger partial charge in [0.05, 0.1) is 15.7 Å². The van der Waals surface area contributed by atoms with Gasteiger partial charge in [-0.25, -0.2) is 0 Å². The molecule has 0 bridgehead atoms. The normalized spacial score (nSPS) is 10.4. The van der Waals surface area contributed by atoms with Crippen molar-refractivity contribution in [3.05, 3.63) is 27.7 Å². The fourth-order valence-corrected chi connectivity index (χ4v) is 1.84. The second kappa shape index (κ2) is 6.83. The van der Waals surface area contributed by atoms with Crippen LogP contribution in [0.5, 0.6) is 0 Å². The van der Waals surface area contributed by atoms with Gasteiger partial charge in [-0.1, -0.05) is 23.2 Å². The second-order valence-corrected chi connectivity index (χ2v) is 4.72. The average molecular weight is 291 g/mol. The zero-order chi connectivity index (χ0) is 13.7. The average Bonchev–Trinajstić information content (AvgIpc) is 2.34.